The zero-order valence-corrected chi connectivity index (χ0v) is 15.1. The van der Waals surface area contributed by atoms with Gasteiger partial charge in [0, 0.05) is 10.5 Å². The number of hydrazine groups is 1. The smallest absolute Gasteiger partial charge is 0.269 e. The van der Waals surface area contributed by atoms with Crippen LogP contribution >= 0.6 is 11.8 Å². The Labute approximate surface area is 161 Å². The minimum absolute atomic E-state index is 0.0685. The maximum Gasteiger partial charge on any atom is 0.269 e. The van der Waals surface area contributed by atoms with E-state index in [-0.39, 0.29) is 11.7 Å². The van der Waals surface area contributed by atoms with E-state index >= 15 is 0 Å². The maximum absolute atomic E-state index is 12.8. The van der Waals surface area contributed by atoms with E-state index in [4.69, 9.17) is 0 Å². The molecule has 6 heteroatoms. The Hall–Kier alpha value is -3.25. The Morgan fingerprint density at radius 3 is 2.00 bits per heavy atom. The van der Waals surface area contributed by atoms with Crippen LogP contribution in [0.15, 0.2) is 89.8 Å². The molecule has 2 amide bonds. The fourth-order valence-corrected chi connectivity index (χ4v) is 3.45. The van der Waals surface area contributed by atoms with Crippen LogP contribution in [0, 0.1) is 0 Å². The number of amides is 2. The third-order valence-electron chi connectivity index (χ3n) is 3.77. The van der Waals surface area contributed by atoms with Gasteiger partial charge in [-0.05, 0) is 42.0 Å². The van der Waals surface area contributed by atoms with Crippen LogP contribution < -0.4 is 10.9 Å². The molecule has 27 heavy (non-hydrogen) atoms. The Morgan fingerprint density at radius 2 is 1.37 bits per heavy atom. The number of hydrogen-bond donors (Lipinski definition) is 3. The van der Waals surface area contributed by atoms with Gasteiger partial charge in [-0.1, -0.05) is 48.5 Å². The fourth-order valence-electron chi connectivity index (χ4n) is 2.40. The molecule has 0 aliphatic carbocycles. The first kappa shape index (κ1) is 18.5. The van der Waals surface area contributed by atoms with Crippen LogP contribution in [0.2, 0.25) is 0 Å². The molecule has 0 aromatic heterocycles. The number of rotatable bonds is 5. The summed E-state index contributed by atoms with van der Waals surface area (Å²) >= 11 is 1.40. The first-order chi connectivity index (χ1) is 13.1. The van der Waals surface area contributed by atoms with Crippen LogP contribution in [0.4, 0.5) is 0 Å². The van der Waals surface area contributed by atoms with Crippen molar-refractivity contribution in [1.82, 2.24) is 10.9 Å². The lowest BCUT2D eigenvalue weighted by molar-refractivity contribution is -0.121. The number of benzene rings is 3. The molecule has 136 valence electrons. The quantitative estimate of drug-likeness (QED) is 0.467. The normalized spacial score (nSPS) is 11.4. The van der Waals surface area contributed by atoms with Gasteiger partial charge in [0.05, 0.1) is 0 Å². The minimum atomic E-state index is -0.520. The highest BCUT2D eigenvalue weighted by Gasteiger charge is 2.22. The fraction of sp³-hybridized carbons (Fsp3) is 0.0476. The Kier molecular flexibility index (Phi) is 6.12. The Balaban J connectivity index is 1.71. The standard InChI is InChI=1S/C21H18N2O3S/c24-17-13-11-16(12-14-17)20(25)22-23-21(26)19(15-7-3-1-4-8-15)27-18-9-5-2-6-10-18/h1-14,19,24H,(H,22,25)(H,23,26)/t19-/m0/s1. The number of hydrogen-bond acceptors (Lipinski definition) is 4. The van der Waals surface area contributed by atoms with Crippen LogP contribution in [-0.4, -0.2) is 16.9 Å². The summed E-state index contributed by atoms with van der Waals surface area (Å²) in [5, 5.41) is 8.77. The number of carbonyl (C=O) groups excluding carboxylic acids is 2. The number of aromatic hydroxyl groups is 1. The van der Waals surface area contributed by atoms with E-state index in [9.17, 15) is 14.7 Å². The van der Waals surface area contributed by atoms with Gasteiger partial charge < -0.3 is 5.11 Å². The average molecular weight is 378 g/mol. The third kappa shape index (κ3) is 5.12. The van der Waals surface area contributed by atoms with Crippen molar-refractivity contribution in [3.8, 4) is 5.75 Å². The van der Waals surface area contributed by atoms with Crippen molar-refractivity contribution in [1.29, 1.82) is 0 Å². The Morgan fingerprint density at radius 1 is 0.778 bits per heavy atom. The summed E-state index contributed by atoms with van der Waals surface area (Å²) in [6.07, 6.45) is 0. The van der Waals surface area contributed by atoms with Crippen molar-refractivity contribution in [3.05, 3.63) is 96.1 Å². The molecule has 5 nitrogen and oxygen atoms in total. The summed E-state index contributed by atoms with van der Waals surface area (Å²) < 4.78 is 0. The largest absolute Gasteiger partial charge is 0.508 e. The van der Waals surface area contributed by atoms with E-state index in [1.807, 2.05) is 60.7 Å². The zero-order chi connectivity index (χ0) is 19.1. The molecule has 0 aliphatic rings. The summed E-state index contributed by atoms with van der Waals surface area (Å²) in [4.78, 5) is 25.9. The molecule has 0 fully saturated rings. The monoisotopic (exact) mass is 378 g/mol. The van der Waals surface area contributed by atoms with Gasteiger partial charge in [0.1, 0.15) is 11.0 Å². The van der Waals surface area contributed by atoms with Gasteiger partial charge in [-0.25, -0.2) is 0 Å². The number of phenolic OH excluding ortho intramolecular Hbond substituents is 1. The van der Waals surface area contributed by atoms with Crippen molar-refractivity contribution >= 4 is 23.6 Å². The maximum atomic E-state index is 12.8. The molecule has 3 aromatic carbocycles. The highest BCUT2D eigenvalue weighted by molar-refractivity contribution is 8.00. The molecule has 0 unspecified atom stereocenters. The molecule has 3 N–H and O–H groups in total. The highest BCUT2D eigenvalue weighted by atomic mass is 32.2. The van der Waals surface area contributed by atoms with E-state index in [0.29, 0.717) is 5.56 Å². The molecule has 3 aromatic rings. The topological polar surface area (TPSA) is 78.4 Å². The van der Waals surface area contributed by atoms with Gasteiger partial charge in [0.15, 0.2) is 0 Å². The van der Waals surface area contributed by atoms with Crippen molar-refractivity contribution in [2.24, 2.45) is 0 Å². The summed E-state index contributed by atoms with van der Waals surface area (Å²) in [5.74, 6) is -0.721. The lowest BCUT2D eigenvalue weighted by Gasteiger charge is -2.17. The first-order valence-electron chi connectivity index (χ1n) is 8.29. The van der Waals surface area contributed by atoms with Gasteiger partial charge in [-0.3, -0.25) is 20.4 Å². The lowest BCUT2D eigenvalue weighted by Crippen LogP contribution is -2.43. The number of nitrogens with one attached hydrogen (secondary N) is 2. The van der Waals surface area contributed by atoms with Gasteiger partial charge in [-0.15, -0.1) is 11.8 Å². The summed E-state index contributed by atoms with van der Waals surface area (Å²) in [6.45, 7) is 0. The average Bonchev–Trinajstić information content (AvgIpc) is 2.72. The molecule has 0 radical (unpaired) electrons. The molecular weight excluding hydrogens is 360 g/mol. The summed E-state index contributed by atoms with van der Waals surface area (Å²) in [5.41, 5.74) is 6.08. The van der Waals surface area contributed by atoms with E-state index in [1.54, 1.807) is 0 Å². The third-order valence-corrected chi connectivity index (χ3v) is 5.03. The molecule has 3 rings (SSSR count). The van der Waals surface area contributed by atoms with Gasteiger partial charge in [-0.2, -0.15) is 0 Å². The second kappa shape index (κ2) is 8.91. The summed E-state index contributed by atoms with van der Waals surface area (Å²) in [6, 6.07) is 24.8. The predicted octanol–water partition coefficient (Wildman–Crippen LogP) is 3.69. The van der Waals surface area contributed by atoms with Crippen LogP contribution in [0.25, 0.3) is 0 Å². The molecule has 0 saturated carbocycles. The van der Waals surface area contributed by atoms with Gasteiger partial charge in [0.2, 0.25) is 0 Å². The van der Waals surface area contributed by atoms with Crippen LogP contribution in [0.3, 0.4) is 0 Å². The molecule has 1 atom stereocenters. The van der Waals surface area contributed by atoms with Crippen molar-refractivity contribution in [2.45, 2.75) is 10.1 Å². The van der Waals surface area contributed by atoms with Crippen molar-refractivity contribution < 1.29 is 14.7 Å². The second-order valence-electron chi connectivity index (χ2n) is 5.71. The lowest BCUT2D eigenvalue weighted by atomic mass is 10.1. The molecular formula is C21H18N2O3S. The number of phenols is 1. The zero-order valence-electron chi connectivity index (χ0n) is 14.3. The predicted molar refractivity (Wildman–Crippen MR) is 105 cm³/mol. The highest BCUT2D eigenvalue weighted by Crippen LogP contribution is 2.35. The van der Waals surface area contributed by atoms with Crippen LogP contribution in [0.1, 0.15) is 21.2 Å². The second-order valence-corrected chi connectivity index (χ2v) is 6.89. The van der Waals surface area contributed by atoms with E-state index < -0.39 is 11.2 Å². The van der Waals surface area contributed by atoms with E-state index in [0.717, 1.165) is 10.5 Å². The minimum Gasteiger partial charge on any atom is -0.508 e. The van der Waals surface area contributed by atoms with Gasteiger partial charge in [0.25, 0.3) is 11.8 Å². The molecule has 0 aliphatic heterocycles. The SMILES string of the molecule is O=C(NNC(=O)[C@@H](Sc1ccccc1)c1ccccc1)c1ccc(O)cc1. The van der Waals surface area contributed by atoms with E-state index in [2.05, 4.69) is 10.9 Å². The molecule has 0 spiro atoms. The van der Waals surface area contributed by atoms with Gasteiger partial charge >= 0.3 is 0 Å². The Bertz CT molecular complexity index is 900. The molecule has 0 bridgehead atoms. The van der Waals surface area contributed by atoms with Crippen LogP contribution in [0.5, 0.6) is 5.75 Å². The molecule has 0 saturated heterocycles. The van der Waals surface area contributed by atoms with Crippen LogP contribution in [-0.2, 0) is 4.79 Å². The number of carbonyl (C=O) groups is 2. The first-order valence-corrected chi connectivity index (χ1v) is 9.17. The van der Waals surface area contributed by atoms with E-state index in [1.165, 1.54) is 36.0 Å². The van der Waals surface area contributed by atoms with Crippen molar-refractivity contribution in [3.63, 3.8) is 0 Å². The van der Waals surface area contributed by atoms with Crippen molar-refractivity contribution in [2.75, 3.05) is 0 Å². The number of thioether (sulfide) groups is 1. The molecule has 0 heterocycles. The summed E-state index contributed by atoms with van der Waals surface area (Å²) in [7, 11) is 0.